The molecule has 3 rings (SSSR count). The molecule has 0 radical (unpaired) electrons. The third-order valence-corrected chi connectivity index (χ3v) is 4.93. The van der Waals surface area contributed by atoms with Gasteiger partial charge in [-0.2, -0.15) is 0 Å². The van der Waals surface area contributed by atoms with Gasteiger partial charge in [0.15, 0.2) is 0 Å². The number of benzene rings is 1. The van der Waals surface area contributed by atoms with Crippen molar-refractivity contribution < 1.29 is 4.39 Å². The quantitative estimate of drug-likeness (QED) is 0.783. The molecule has 0 fully saturated rings. The van der Waals surface area contributed by atoms with Crippen LogP contribution >= 0.6 is 22.7 Å². The Morgan fingerprint density at radius 2 is 2.11 bits per heavy atom. The highest BCUT2D eigenvalue weighted by molar-refractivity contribution is 7.25. The third-order valence-electron chi connectivity index (χ3n) is 2.56. The first-order chi connectivity index (χ1) is 8.67. The summed E-state index contributed by atoms with van der Waals surface area (Å²) in [6.07, 6.45) is 0. The molecule has 18 heavy (non-hydrogen) atoms. The average molecular weight is 279 g/mol. The van der Waals surface area contributed by atoms with E-state index >= 15 is 0 Å². The maximum Gasteiger partial charge on any atom is 0.136 e. The Balaban J connectivity index is 2.15. The zero-order chi connectivity index (χ0) is 12.7. The van der Waals surface area contributed by atoms with Crippen molar-refractivity contribution in [3.63, 3.8) is 0 Å². The van der Waals surface area contributed by atoms with Gasteiger partial charge < -0.3 is 5.73 Å². The van der Waals surface area contributed by atoms with E-state index in [0.29, 0.717) is 12.1 Å². The van der Waals surface area contributed by atoms with Crippen LogP contribution in [0.5, 0.6) is 0 Å². The molecule has 0 aliphatic rings. The molecule has 0 amide bonds. The van der Waals surface area contributed by atoms with E-state index < -0.39 is 0 Å². The SMILES string of the molecule is Cc1nc(CN)sc1-c1nc2cc(F)ccc2s1. The highest BCUT2D eigenvalue weighted by Crippen LogP contribution is 2.35. The molecule has 0 saturated heterocycles. The van der Waals surface area contributed by atoms with Crippen LogP contribution in [0.25, 0.3) is 20.1 Å². The zero-order valence-corrected chi connectivity index (χ0v) is 11.2. The van der Waals surface area contributed by atoms with Crippen molar-refractivity contribution in [2.24, 2.45) is 5.73 Å². The standard InChI is InChI=1S/C12H10FN3S2/c1-6-11(18-10(5-14)15-6)12-16-8-4-7(13)2-3-9(8)17-12/h2-4H,5,14H2,1H3. The lowest BCUT2D eigenvalue weighted by Crippen LogP contribution is -1.94. The summed E-state index contributed by atoms with van der Waals surface area (Å²) in [6.45, 7) is 2.38. The number of halogens is 1. The van der Waals surface area contributed by atoms with Gasteiger partial charge in [0.05, 0.1) is 20.8 Å². The number of hydrogen-bond acceptors (Lipinski definition) is 5. The van der Waals surface area contributed by atoms with E-state index in [1.54, 1.807) is 28.7 Å². The molecular weight excluding hydrogens is 269 g/mol. The van der Waals surface area contributed by atoms with Crippen LogP contribution in [0.15, 0.2) is 18.2 Å². The number of aryl methyl sites for hydroxylation is 1. The second-order valence-corrected chi connectivity index (χ2v) is 5.97. The second kappa shape index (κ2) is 4.38. The number of fused-ring (bicyclic) bond motifs is 1. The first-order valence-corrected chi connectivity index (χ1v) is 7.03. The molecule has 3 aromatic rings. The van der Waals surface area contributed by atoms with E-state index in [2.05, 4.69) is 9.97 Å². The number of hydrogen-bond donors (Lipinski definition) is 1. The zero-order valence-electron chi connectivity index (χ0n) is 9.61. The minimum Gasteiger partial charge on any atom is -0.325 e. The lowest BCUT2D eigenvalue weighted by atomic mass is 10.3. The van der Waals surface area contributed by atoms with E-state index in [0.717, 1.165) is 25.3 Å². The van der Waals surface area contributed by atoms with Crippen molar-refractivity contribution in [2.75, 3.05) is 0 Å². The van der Waals surface area contributed by atoms with E-state index in [4.69, 9.17) is 5.73 Å². The molecule has 1 aromatic carbocycles. The highest BCUT2D eigenvalue weighted by Gasteiger charge is 2.13. The fraction of sp³-hybridized carbons (Fsp3) is 0.167. The summed E-state index contributed by atoms with van der Waals surface area (Å²) in [5.74, 6) is -0.261. The Kier molecular flexibility index (Phi) is 2.85. The van der Waals surface area contributed by atoms with Gasteiger partial charge in [0, 0.05) is 12.6 Å². The van der Waals surface area contributed by atoms with Crippen molar-refractivity contribution in [3.8, 4) is 9.88 Å². The third kappa shape index (κ3) is 1.92. The molecule has 0 atom stereocenters. The maximum atomic E-state index is 13.1. The summed E-state index contributed by atoms with van der Waals surface area (Å²) in [7, 11) is 0. The van der Waals surface area contributed by atoms with Crippen LogP contribution in [0.2, 0.25) is 0 Å². The molecule has 0 bridgehead atoms. The first kappa shape index (κ1) is 11.7. The van der Waals surface area contributed by atoms with Gasteiger partial charge in [-0.05, 0) is 19.1 Å². The molecule has 0 saturated carbocycles. The molecule has 0 aliphatic carbocycles. The molecule has 2 heterocycles. The summed E-state index contributed by atoms with van der Waals surface area (Å²) in [6, 6.07) is 4.66. The van der Waals surface area contributed by atoms with Crippen molar-refractivity contribution >= 4 is 32.9 Å². The number of rotatable bonds is 2. The molecule has 92 valence electrons. The molecular formula is C12H10FN3S2. The van der Waals surface area contributed by atoms with Crippen molar-refractivity contribution in [2.45, 2.75) is 13.5 Å². The Bertz CT molecular complexity index is 717. The minimum absolute atomic E-state index is 0.261. The van der Waals surface area contributed by atoms with E-state index in [9.17, 15) is 4.39 Å². The van der Waals surface area contributed by atoms with Crippen LogP contribution in [0.4, 0.5) is 4.39 Å². The average Bonchev–Trinajstić information content (AvgIpc) is 2.91. The lowest BCUT2D eigenvalue weighted by molar-refractivity contribution is 0.629. The highest BCUT2D eigenvalue weighted by atomic mass is 32.1. The molecule has 0 spiro atoms. The van der Waals surface area contributed by atoms with E-state index in [1.807, 2.05) is 6.92 Å². The Hall–Kier alpha value is -1.37. The number of thiazole rings is 2. The maximum absolute atomic E-state index is 13.1. The van der Waals surface area contributed by atoms with E-state index in [1.165, 1.54) is 12.1 Å². The monoisotopic (exact) mass is 279 g/mol. The van der Waals surface area contributed by atoms with Crippen LogP contribution in [-0.2, 0) is 6.54 Å². The Morgan fingerprint density at radius 3 is 2.83 bits per heavy atom. The van der Waals surface area contributed by atoms with Gasteiger partial charge >= 0.3 is 0 Å². The molecule has 2 N–H and O–H groups in total. The smallest absolute Gasteiger partial charge is 0.136 e. The van der Waals surface area contributed by atoms with Gasteiger partial charge in [0.2, 0.25) is 0 Å². The molecule has 3 nitrogen and oxygen atoms in total. The lowest BCUT2D eigenvalue weighted by Gasteiger charge is -1.89. The summed E-state index contributed by atoms with van der Waals surface area (Å²) in [5, 5.41) is 1.78. The van der Waals surface area contributed by atoms with Crippen LogP contribution in [0.1, 0.15) is 10.7 Å². The van der Waals surface area contributed by atoms with Crippen molar-refractivity contribution in [1.82, 2.24) is 9.97 Å². The van der Waals surface area contributed by atoms with Crippen molar-refractivity contribution in [3.05, 3.63) is 34.7 Å². The van der Waals surface area contributed by atoms with Crippen LogP contribution in [0.3, 0.4) is 0 Å². The van der Waals surface area contributed by atoms with Crippen molar-refractivity contribution in [1.29, 1.82) is 0 Å². The fourth-order valence-electron chi connectivity index (χ4n) is 1.74. The van der Waals surface area contributed by atoms with Gasteiger partial charge in [-0.25, -0.2) is 14.4 Å². The normalized spacial score (nSPS) is 11.3. The number of nitrogens with two attached hydrogens (primary N) is 1. The molecule has 0 unspecified atom stereocenters. The van der Waals surface area contributed by atoms with Gasteiger partial charge in [0.25, 0.3) is 0 Å². The van der Waals surface area contributed by atoms with Gasteiger partial charge in [-0.15, -0.1) is 22.7 Å². The molecule has 0 aliphatic heterocycles. The summed E-state index contributed by atoms with van der Waals surface area (Å²) >= 11 is 3.10. The van der Waals surface area contributed by atoms with Crippen LogP contribution < -0.4 is 5.73 Å². The number of nitrogens with zero attached hydrogens (tertiary/aromatic N) is 2. The van der Waals surface area contributed by atoms with Crippen LogP contribution in [-0.4, -0.2) is 9.97 Å². The van der Waals surface area contributed by atoms with Gasteiger partial charge in [0.1, 0.15) is 15.8 Å². The van der Waals surface area contributed by atoms with Gasteiger partial charge in [-0.3, -0.25) is 0 Å². The van der Waals surface area contributed by atoms with E-state index in [-0.39, 0.29) is 5.82 Å². The largest absolute Gasteiger partial charge is 0.325 e. The predicted octanol–water partition coefficient (Wildman–Crippen LogP) is 3.33. The molecule has 2 aromatic heterocycles. The first-order valence-electron chi connectivity index (χ1n) is 5.40. The summed E-state index contributed by atoms with van der Waals surface area (Å²) in [4.78, 5) is 9.86. The Labute approximate surface area is 111 Å². The van der Waals surface area contributed by atoms with Crippen LogP contribution in [0, 0.1) is 12.7 Å². The minimum atomic E-state index is -0.261. The second-order valence-electron chi connectivity index (χ2n) is 3.86. The summed E-state index contributed by atoms with van der Waals surface area (Å²) < 4.78 is 14.1. The Morgan fingerprint density at radius 1 is 1.28 bits per heavy atom. The predicted molar refractivity (Wildman–Crippen MR) is 73.3 cm³/mol. The number of aromatic nitrogens is 2. The fourth-order valence-corrected chi connectivity index (χ4v) is 3.75. The summed E-state index contributed by atoms with van der Waals surface area (Å²) in [5.41, 5.74) is 7.21. The topological polar surface area (TPSA) is 51.8 Å². The van der Waals surface area contributed by atoms with Gasteiger partial charge in [-0.1, -0.05) is 0 Å². The molecule has 6 heteroatoms.